The van der Waals surface area contributed by atoms with Crippen LogP contribution in [0.1, 0.15) is 24.5 Å². The lowest BCUT2D eigenvalue weighted by Gasteiger charge is -2.04. The molecule has 0 spiro atoms. The van der Waals surface area contributed by atoms with Crippen LogP contribution in [0.25, 0.3) is 10.8 Å². The molecular weight excluding hydrogens is 222 g/mol. The van der Waals surface area contributed by atoms with Crippen molar-refractivity contribution in [1.82, 2.24) is 15.0 Å². The van der Waals surface area contributed by atoms with E-state index < -0.39 is 0 Å². The first-order chi connectivity index (χ1) is 7.86. The summed E-state index contributed by atoms with van der Waals surface area (Å²) in [6, 6.07) is 1.91. The maximum absolute atomic E-state index is 5.40. The van der Waals surface area contributed by atoms with Crippen LogP contribution < -0.4 is 11.3 Å². The van der Waals surface area contributed by atoms with Crippen molar-refractivity contribution >= 4 is 17.2 Å². The average Bonchev–Trinajstić information content (AvgIpc) is 3.04. The second kappa shape index (κ2) is 3.80. The van der Waals surface area contributed by atoms with Crippen LogP contribution in [0.15, 0.2) is 17.6 Å². The first kappa shape index (κ1) is 9.68. The number of hydrazine groups is 1. The molecule has 6 heteroatoms. The summed E-state index contributed by atoms with van der Waals surface area (Å²) >= 11 is 1.53. The lowest BCUT2D eigenvalue weighted by molar-refractivity contribution is 0.989. The van der Waals surface area contributed by atoms with E-state index in [0.717, 1.165) is 10.7 Å². The number of nitrogens with zero attached hydrogens (tertiary/aromatic N) is 3. The van der Waals surface area contributed by atoms with Gasteiger partial charge in [0.1, 0.15) is 5.82 Å². The summed E-state index contributed by atoms with van der Waals surface area (Å²) in [7, 11) is 0. The van der Waals surface area contributed by atoms with Gasteiger partial charge in [0.15, 0.2) is 10.8 Å². The van der Waals surface area contributed by atoms with Gasteiger partial charge in [-0.2, -0.15) is 0 Å². The molecule has 0 saturated heterocycles. The first-order valence-electron chi connectivity index (χ1n) is 5.12. The summed E-state index contributed by atoms with van der Waals surface area (Å²) < 4.78 is 0. The summed E-state index contributed by atoms with van der Waals surface area (Å²) in [5.41, 5.74) is 3.64. The predicted octanol–water partition coefficient (Wildman–Crippen LogP) is 1.76. The zero-order valence-electron chi connectivity index (χ0n) is 8.55. The number of nitrogens with one attached hydrogen (secondary N) is 1. The van der Waals surface area contributed by atoms with Gasteiger partial charge in [0.25, 0.3) is 0 Å². The molecule has 5 nitrogen and oxygen atoms in total. The highest BCUT2D eigenvalue weighted by Crippen LogP contribution is 2.40. The standard InChI is InChI=1S/C10H11N5S/c11-15-8-5-7(6-1-2-6)13-9(14-8)10-12-3-4-16-10/h3-6H,1-2,11H2,(H,13,14,15). The molecule has 3 rings (SSSR count). The van der Waals surface area contributed by atoms with Crippen molar-refractivity contribution in [3.63, 3.8) is 0 Å². The minimum atomic E-state index is 0.578. The highest BCUT2D eigenvalue weighted by atomic mass is 32.1. The molecule has 1 fully saturated rings. The van der Waals surface area contributed by atoms with Crippen LogP contribution >= 0.6 is 11.3 Å². The highest BCUT2D eigenvalue weighted by Gasteiger charge is 2.26. The van der Waals surface area contributed by atoms with Gasteiger partial charge in [0, 0.05) is 29.3 Å². The summed E-state index contributed by atoms with van der Waals surface area (Å²) in [5, 5.41) is 2.75. The second-order valence-electron chi connectivity index (χ2n) is 3.76. The Hall–Kier alpha value is -1.53. The van der Waals surface area contributed by atoms with Crippen molar-refractivity contribution in [1.29, 1.82) is 0 Å². The third-order valence-corrected chi connectivity index (χ3v) is 3.28. The fraction of sp³-hybridized carbons (Fsp3) is 0.300. The fourth-order valence-electron chi connectivity index (χ4n) is 1.56. The number of thiazole rings is 1. The smallest absolute Gasteiger partial charge is 0.190 e. The second-order valence-corrected chi connectivity index (χ2v) is 4.65. The van der Waals surface area contributed by atoms with E-state index in [-0.39, 0.29) is 0 Å². The Balaban J connectivity index is 2.06. The van der Waals surface area contributed by atoms with E-state index in [1.54, 1.807) is 6.20 Å². The molecule has 2 aromatic rings. The fourth-order valence-corrected chi connectivity index (χ4v) is 2.13. The number of aromatic nitrogens is 3. The van der Waals surface area contributed by atoms with E-state index >= 15 is 0 Å². The monoisotopic (exact) mass is 233 g/mol. The average molecular weight is 233 g/mol. The van der Waals surface area contributed by atoms with Gasteiger partial charge in [-0.05, 0) is 12.8 Å². The number of hydrogen-bond acceptors (Lipinski definition) is 6. The van der Waals surface area contributed by atoms with E-state index in [1.807, 2.05) is 11.4 Å². The van der Waals surface area contributed by atoms with Gasteiger partial charge in [-0.1, -0.05) is 0 Å². The molecule has 16 heavy (non-hydrogen) atoms. The van der Waals surface area contributed by atoms with Crippen molar-refractivity contribution in [2.75, 3.05) is 5.43 Å². The van der Waals surface area contributed by atoms with Crippen molar-refractivity contribution in [2.45, 2.75) is 18.8 Å². The summed E-state index contributed by atoms with van der Waals surface area (Å²) in [4.78, 5) is 13.0. The van der Waals surface area contributed by atoms with Crippen LogP contribution in [0.4, 0.5) is 5.82 Å². The SMILES string of the molecule is NNc1cc(C2CC2)nc(-c2nccs2)n1. The van der Waals surface area contributed by atoms with Crippen LogP contribution in [0, 0.1) is 0 Å². The van der Waals surface area contributed by atoms with Gasteiger partial charge in [-0.3, -0.25) is 0 Å². The molecule has 0 radical (unpaired) electrons. The lowest BCUT2D eigenvalue weighted by atomic mass is 10.3. The molecule has 1 aliphatic rings. The molecule has 0 aliphatic heterocycles. The molecule has 0 bridgehead atoms. The predicted molar refractivity (Wildman–Crippen MR) is 62.9 cm³/mol. The number of nitrogen functional groups attached to an aromatic ring is 1. The normalized spacial score (nSPS) is 15.1. The van der Waals surface area contributed by atoms with Crippen molar-refractivity contribution in [2.24, 2.45) is 5.84 Å². The third kappa shape index (κ3) is 1.77. The largest absolute Gasteiger partial charge is 0.308 e. The maximum atomic E-state index is 5.40. The Morgan fingerprint density at radius 2 is 2.25 bits per heavy atom. The van der Waals surface area contributed by atoms with Crippen LogP contribution in [0.2, 0.25) is 0 Å². The topological polar surface area (TPSA) is 76.7 Å². The summed E-state index contributed by atoms with van der Waals surface area (Å²) in [6.07, 6.45) is 4.17. The Kier molecular flexibility index (Phi) is 2.30. The third-order valence-electron chi connectivity index (χ3n) is 2.51. The van der Waals surface area contributed by atoms with Crippen molar-refractivity contribution in [3.05, 3.63) is 23.3 Å². The summed E-state index contributed by atoms with van der Waals surface area (Å²) in [5.74, 6) is 7.30. The van der Waals surface area contributed by atoms with E-state index in [1.165, 1.54) is 24.2 Å². The number of anilines is 1. The first-order valence-corrected chi connectivity index (χ1v) is 6.00. The molecule has 82 valence electrons. The Bertz CT molecular complexity index is 492. The zero-order valence-corrected chi connectivity index (χ0v) is 9.37. The van der Waals surface area contributed by atoms with E-state index in [9.17, 15) is 0 Å². The van der Waals surface area contributed by atoms with E-state index in [0.29, 0.717) is 17.6 Å². The molecule has 0 aromatic carbocycles. The lowest BCUT2D eigenvalue weighted by Crippen LogP contribution is -2.10. The van der Waals surface area contributed by atoms with E-state index in [4.69, 9.17) is 5.84 Å². The van der Waals surface area contributed by atoms with Crippen molar-refractivity contribution < 1.29 is 0 Å². The Morgan fingerprint density at radius 3 is 2.88 bits per heavy atom. The molecule has 1 aliphatic carbocycles. The van der Waals surface area contributed by atoms with Gasteiger partial charge < -0.3 is 5.43 Å². The maximum Gasteiger partial charge on any atom is 0.190 e. The minimum Gasteiger partial charge on any atom is -0.308 e. The van der Waals surface area contributed by atoms with Crippen LogP contribution in [-0.2, 0) is 0 Å². The number of hydrogen-bond donors (Lipinski definition) is 2. The molecule has 2 aromatic heterocycles. The molecule has 1 saturated carbocycles. The Labute approximate surface area is 96.7 Å². The van der Waals surface area contributed by atoms with Crippen LogP contribution in [0.5, 0.6) is 0 Å². The number of nitrogens with two attached hydrogens (primary N) is 1. The number of rotatable bonds is 3. The summed E-state index contributed by atoms with van der Waals surface area (Å²) in [6.45, 7) is 0. The van der Waals surface area contributed by atoms with Gasteiger partial charge in [-0.25, -0.2) is 20.8 Å². The molecule has 2 heterocycles. The van der Waals surface area contributed by atoms with Crippen molar-refractivity contribution in [3.8, 4) is 10.8 Å². The molecule has 0 unspecified atom stereocenters. The minimum absolute atomic E-state index is 0.578. The molecule has 0 atom stereocenters. The van der Waals surface area contributed by atoms with Gasteiger partial charge in [0.2, 0.25) is 0 Å². The highest BCUT2D eigenvalue weighted by molar-refractivity contribution is 7.13. The molecule has 0 amide bonds. The Morgan fingerprint density at radius 1 is 1.38 bits per heavy atom. The molecule has 3 N–H and O–H groups in total. The van der Waals surface area contributed by atoms with E-state index in [2.05, 4.69) is 20.4 Å². The van der Waals surface area contributed by atoms with Gasteiger partial charge in [0.05, 0.1) is 0 Å². The quantitative estimate of drug-likeness (QED) is 0.624. The van der Waals surface area contributed by atoms with Gasteiger partial charge in [-0.15, -0.1) is 11.3 Å². The molecular formula is C10H11N5S. The van der Waals surface area contributed by atoms with Gasteiger partial charge >= 0.3 is 0 Å². The van der Waals surface area contributed by atoms with Crippen LogP contribution in [0.3, 0.4) is 0 Å². The van der Waals surface area contributed by atoms with Crippen LogP contribution in [-0.4, -0.2) is 15.0 Å². The zero-order chi connectivity index (χ0) is 11.0.